The summed E-state index contributed by atoms with van der Waals surface area (Å²) in [4.78, 5) is 39.8. The molecule has 1 aliphatic rings. The van der Waals surface area contributed by atoms with Gasteiger partial charge in [0, 0.05) is 44.2 Å². The Morgan fingerprint density at radius 2 is 1.39 bits per heavy atom. The maximum absolute atomic E-state index is 12.7. The van der Waals surface area contributed by atoms with Crippen molar-refractivity contribution >= 4 is 41.0 Å². The molecule has 1 fully saturated rings. The van der Waals surface area contributed by atoms with E-state index in [2.05, 4.69) is 0 Å². The minimum atomic E-state index is -0.445. The van der Waals surface area contributed by atoms with Crippen LogP contribution in [0.1, 0.15) is 27.6 Å². The summed E-state index contributed by atoms with van der Waals surface area (Å²) in [6, 6.07) is 11.3. The van der Waals surface area contributed by atoms with Gasteiger partial charge in [0.1, 0.15) is 5.75 Å². The third-order valence-electron chi connectivity index (χ3n) is 4.36. The number of carbonyl (C=O) groups is 3. The number of benzene rings is 2. The van der Waals surface area contributed by atoms with E-state index < -0.39 is 5.97 Å². The van der Waals surface area contributed by atoms with E-state index >= 15 is 0 Å². The first-order valence-electron chi connectivity index (χ1n) is 8.67. The summed E-state index contributed by atoms with van der Waals surface area (Å²) in [6.45, 7) is 2.94. The molecule has 2 aromatic rings. The molecule has 3 rings (SSSR count). The zero-order chi connectivity index (χ0) is 20.3. The highest BCUT2D eigenvalue weighted by Crippen LogP contribution is 2.24. The number of carbonyl (C=O) groups excluding carboxylic acids is 3. The number of esters is 1. The van der Waals surface area contributed by atoms with Gasteiger partial charge in [-0.3, -0.25) is 14.4 Å². The lowest BCUT2D eigenvalue weighted by Gasteiger charge is -2.35. The number of hydrogen-bond donors (Lipinski definition) is 0. The van der Waals surface area contributed by atoms with E-state index in [1.807, 2.05) is 0 Å². The SMILES string of the molecule is CC(=O)Oc1cccc(C(=O)N2CCN(C(=O)c3ccc(Cl)c(Cl)c3)CC2)c1. The molecule has 0 unspecified atom stereocenters. The standard InChI is InChI=1S/C20H18Cl2N2O4/c1-13(25)28-16-4-2-3-14(11-16)19(26)23-7-9-24(10-8-23)20(27)15-5-6-17(21)18(22)12-15/h2-6,11-12H,7-10H2,1H3. The predicted molar refractivity (Wildman–Crippen MR) is 106 cm³/mol. The van der Waals surface area contributed by atoms with Crippen LogP contribution in [-0.4, -0.2) is 53.8 Å². The summed E-state index contributed by atoms with van der Waals surface area (Å²) in [5.74, 6) is -0.441. The molecular weight excluding hydrogens is 403 g/mol. The van der Waals surface area contributed by atoms with Gasteiger partial charge >= 0.3 is 5.97 Å². The smallest absolute Gasteiger partial charge is 0.308 e. The minimum Gasteiger partial charge on any atom is -0.427 e. The topological polar surface area (TPSA) is 66.9 Å². The highest BCUT2D eigenvalue weighted by molar-refractivity contribution is 6.42. The normalized spacial score (nSPS) is 14.0. The molecule has 2 aromatic carbocycles. The second-order valence-corrected chi connectivity index (χ2v) is 7.15. The molecule has 8 heteroatoms. The van der Waals surface area contributed by atoms with E-state index in [4.69, 9.17) is 27.9 Å². The molecule has 1 aliphatic heterocycles. The van der Waals surface area contributed by atoms with Gasteiger partial charge in [-0.05, 0) is 36.4 Å². The molecule has 0 atom stereocenters. The van der Waals surface area contributed by atoms with Crippen molar-refractivity contribution < 1.29 is 19.1 Å². The lowest BCUT2D eigenvalue weighted by atomic mass is 10.1. The molecule has 6 nitrogen and oxygen atoms in total. The largest absolute Gasteiger partial charge is 0.427 e. The van der Waals surface area contributed by atoms with Gasteiger partial charge in [0.05, 0.1) is 10.0 Å². The lowest BCUT2D eigenvalue weighted by Crippen LogP contribution is -2.50. The third kappa shape index (κ3) is 4.64. The first-order valence-corrected chi connectivity index (χ1v) is 9.43. The fourth-order valence-electron chi connectivity index (χ4n) is 2.97. The molecule has 2 amide bonds. The summed E-state index contributed by atoms with van der Waals surface area (Å²) >= 11 is 11.9. The van der Waals surface area contributed by atoms with Gasteiger partial charge in [-0.1, -0.05) is 29.3 Å². The van der Waals surface area contributed by atoms with Crippen molar-refractivity contribution in [2.24, 2.45) is 0 Å². The molecule has 0 bridgehead atoms. The van der Waals surface area contributed by atoms with E-state index in [9.17, 15) is 14.4 Å². The number of halogens is 2. The van der Waals surface area contributed by atoms with Gasteiger partial charge in [0.2, 0.25) is 0 Å². The van der Waals surface area contributed by atoms with Gasteiger partial charge in [-0.15, -0.1) is 0 Å². The average Bonchev–Trinajstić information content (AvgIpc) is 2.69. The number of ether oxygens (including phenoxy) is 1. The maximum Gasteiger partial charge on any atom is 0.308 e. The predicted octanol–water partition coefficient (Wildman–Crippen LogP) is 3.52. The Hall–Kier alpha value is -2.57. The zero-order valence-electron chi connectivity index (χ0n) is 15.2. The number of rotatable bonds is 3. The van der Waals surface area contributed by atoms with Crippen molar-refractivity contribution in [2.45, 2.75) is 6.92 Å². The summed E-state index contributed by atoms with van der Waals surface area (Å²) < 4.78 is 5.03. The average molecular weight is 421 g/mol. The van der Waals surface area contributed by atoms with E-state index in [1.165, 1.54) is 13.0 Å². The van der Waals surface area contributed by atoms with Gasteiger partial charge < -0.3 is 14.5 Å². The summed E-state index contributed by atoms with van der Waals surface area (Å²) in [5.41, 5.74) is 0.895. The van der Waals surface area contributed by atoms with E-state index in [0.29, 0.717) is 53.1 Å². The molecular formula is C20H18Cl2N2O4. The highest BCUT2D eigenvalue weighted by Gasteiger charge is 2.26. The molecule has 1 saturated heterocycles. The van der Waals surface area contributed by atoms with Gasteiger partial charge in [0.25, 0.3) is 11.8 Å². The summed E-state index contributed by atoms with van der Waals surface area (Å²) in [7, 11) is 0. The minimum absolute atomic E-state index is 0.150. The fraction of sp³-hybridized carbons (Fsp3) is 0.250. The van der Waals surface area contributed by atoms with Gasteiger partial charge in [-0.2, -0.15) is 0 Å². The Bertz CT molecular complexity index is 924. The number of hydrogen-bond acceptors (Lipinski definition) is 4. The lowest BCUT2D eigenvalue weighted by molar-refractivity contribution is -0.131. The van der Waals surface area contributed by atoms with Crippen LogP contribution in [0.5, 0.6) is 5.75 Å². The fourth-order valence-corrected chi connectivity index (χ4v) is 3.26. The van der Waals surface area contributed by atoms with E-state index in [1.54, 1.807) is 46.2 Å². The molecule has 0 aromatic heterocycles. The van der Waals surface area contributed by atoms with Crippen LogP contribution in [0, 0.1) is 0 Å². The monoisotopic (exact) mass is 420 g/mol. The van der Waals surface area contributed by atoms with Crippen molar-refractivity contribution in [3.05, 3.63) is 63.6 Å². The third-order valence-corrected chi connectivity index (χ3v) is 5.10. The van der Waals surface area contributed by atoms with Crippen LogP contribution < -0.4 is 4.74 Å². The van der Waals surface area contributed by atoms with Crippen molar-refractivity contribution in [1.29, 1.82) is 0 Å². The molecule has 1 heterocycles. The molecule has 0 radical (unpaired) electrons. The first kappa shape index (κ1) is 20.2. The first-order chi connectivity index (χ1) is 13.3. The van der Waals surface area contributed by atoms with E-state index in [-0.39, 0.29) is 11.8 Å². The summed E-state index contributed by atoms with van der Waals surface area (Å²) in [5, 5.41) is 0.721. The molecule has 146 valence electrons. The van der Waals surface area contributed by atoms with Crippen LogP contribution in [0.15, 0.2) is 42.5 Å². The Morgan fingerprint density at radius 1 is 0.821 bits per heavy atom. The van der Waals surface area contributed by atoms with Crippen molar-refractivity contribution in [1.82, 2.24) is 9.80 Å². The Morgan fingerprint density at radius 3 is 1.93 bits per heavy atom. The van der Waals surface area contributed by atoms with E-state index in [0.717, 1.165) is 0 Å². The second-order valence-electron chi connectivity index (χ2n) is 6.33. The summed E-state index contributed by atoms with van der Waals surface area (Å²) in [6.07, 6.45) is 0. The Kier molecular flexibility index (Phi) is 6.21. The van der Waals surface area contributed by atoms with Gasteiger partial charge in [0.15, 0.2) is 0 Å². The van der Waals surface area contributed by atoms with Crippen LogP contribution in [0.4, 0.5) is 0 Å². The number of amides is 2. The van der Waals surface area contributed by atoms with Crippen LogP contribution in [0.25, 0.3) is 0 Å². The zero-order valence-corrected chi connectivity index (χ0v) is 16.7. The Balaban J connectivity index is 1.63. The van der Waals surface area contributed by atoms with Crippen molar-refractivity contribution in [3.63, 3.8) is 0 Å². The number of piperazine rings is 1. The quantitative estimate of drug-likeness (QED) is 0.562. The maximum atomic E-state index is 12.7. The van der Waals surface area contributed by atoms with Crippen LogP contribution in [-0.2, 0) is 4.79 Å². The molecule has 28 heavy (non-hydrogen) atoms. The molecule has 0 aliphatic carbocycles. The number of nitrogens with zero attached hydrogens (tertiary/aromatic N) is 2. The molecule has 0 N–H and O–H groups in total. The Labute approximate surface area is 172 Å². The van der Waals surface area contributed by atoms with Crippen LogP contribution >= 0.6 is 23.2 Å². The van der Waals surface area contributed by atoms with Crippen LogP contribution in [0.3, 0.4) is 0 Å². The van der Waals surface area contributed by atoms with Crippen molar-refractivity contribution in [3.8, 4) is 5.75 Å². The van der Waals surface area contributed by atoms with Gasteiger partial charge in [-0.25, -0.2) is 0 Å². The van der Waals surface area contributed by atoms with Crippen molar-refractivity contribution in [2.75, 3.05) is 26.2 Å². The molecule has 0 spiro atoms. The molecule has 0 saturated carbocycles. The van der Waals surface area contributed by atoms with Crippen LogP contribution in [0.2, 0.25) is 10.0 Å². The second kappa shape index (κ2) is 8.63. The highest BCUT2D eigenvalue weighted by atomic mass is 35.5.